The van der Waals surface area contributed by atoms with Crippen LogP contribution in [0.3, 0.4) is 0 Å². The van der Waals surface area contributed by atoms with Crippen LogP contribution in [0.15, 0.2) is 4.52 Å². The van der Waals surface area contributed by atoms with Gasteiger partial charge >= 0.3 is 0 Å². The number of aliphatic hydroxyl groups excluding tert-OH is 1. The number of aliphatic hydroxyl groups is 1. The second-order valence-electron chi connectivity index (χ2n) is 4.07. The molecular formula is C10H18N4O2. The average Bonchev–Trinajstić information content (AvgIpc) is 2.80. The molecule has 0 bridgehead atoms. The Balaban J connectivity index is 2.00. The highest BCUT2D eigenvalue weighted by atomic mass is 16.5. The van der Waals surface area contributed by atoms with Crippen LogP contribution in [-0.4, -0.2) is 34.9 Å². The molecule has 2 heterocycles. The molecule has 1 aliphatic heterocycles. The fraction of sp³-hybridized carbons (Fsp3) is 0.800. The first-order valence-electron chi connectivity index (χ1n) is 5.78. The summed E-state index contributed by atoms with van der Waals surface area (Å²) in [5.74, 6) is 0.858. The molecule has 1 aliphatic rings. The zero-order chi connectivity index (χ0) is 11.4. The van der Waals surface area contributed by atoms with Crippen molar-refractivity contribution in [2.45, 2.75) is 31.8 Å². The van der Waals surface area contributed by atoms with Crippen LogP contribution in [0.4, 0.5) is 5.95 Å². The summed E-state index contributed by atoms with van der Waals surface area (Å²) in [7, 11) is 0. The Morgan fingerprint density at radius 2 is 2.12 bits per heavy atom. The standard InChI is InChI=1S/C10H18N4O2/c11-5-4-8(15)9-12-10(13-16-9)14-6-2-1-3-7-14/h8,15H,1-7,11H2. The van der Waals surface area contributed by atoms with E-state index in [0.29, 0.717) is 18.9 Å². The van der Waals surface area contributed by atoms with Crippen LogP contribution in [0.2, 0.25) is 0 Å². The Kier molecular flexibility index (Phi) is 3.74. The molecule has 2 rings (SSSR count). The lowest BCUT2D eigenvalue weighted by atomic mass is 10.1. The van der Waals surface area contributed by atoms with Crippen molar-refractivity contribution in [2.24, 2.45) is 5.73 Å². The maximum atomic E-state index is 9.64. The average molecular weight is 226 g/mol. The van der Waals surface area contributed by atoms with E-state index in [2.05, 4.69) is 15.0 Å². The normalized spacial score (nSPS) is 18.8. The van der Waals surface area contributed by atoms with Gasteiger partial charge in [0.05, 0.1) is 0 Å². The molecule has 0 aliphatic carbocycles. The second-order valence-corrected chi connectivity index (χ2v) is 4.07. The van der Waals surface area contributed by atoms with Crippen LogP contribution in [0.5, 0.6) is 0 Å². The van der Waals surface area contributed by atoms with Crippen LogP contribution < -0.4 is 10.6 Å². The van der Waals surface area contributed by atoms with Crippen LogP contribution in [0.1, 0.15) is 37.7 Å². The highest BCUT2D eigenvalue weighted by Crippen LogP contribution is 2.20. The number of hydrogen-bond acceptors (Lipinski definition) is 6. The minimum absolute atomic E-state index is 0.269. The minimum Gasteiger partial charge on any atom is -0.383 e. The van der Waals surface area contributed by atoms with Gasteiger partial charge in [0.15, 0.2) is 0 Å². The number of anilines is 1. The van der Waals surface area contributed by atoms with Gasteiger partial charge < -0.3 is 20.3 Å². The zero-order valence-corrected chi connectivity index (χ0v) is 9.30. The molecule has 1 aromatic rings. The summed E-state index contributed by atoms with van der Waals surface area (Å²) in [6.45, 7) is 2.33. The Labute approximate surface area is 94.4 Å². The van der Waals surface area contributed by atoms with Gasteiger partial charge in [-0.15, -0.1) is 0 Å². The fourth-order valence-electron chi connectivity index (χ4n) is 1.87. The third-order valence-corrected chi connectivity index (χ3v) is 2.80. The predicted octanol–water partition coefficient (Wildman–Crippen LogP) is 0.442. The first-order chi connectivity index (χ1) is 7.81. The SMILES string of the molecule is NCCC(O)c1nc(N2CCCCC2)no1. The number of piperidine rings is 1. The van der Waals surface area contributed by atoms with E-state index in [-0.39, 0.29) is 5.89 Å². The largest absolute Gasteiger partial charge is 0.383 e. The summed E-state index contributed by atoms with van der Waals surface area (Å²) in [6.07, 6.45) is 3.29. The topological polar surface area (TPSA) is 88.4 Å². The molecule has 6 nitrogen and oxygen atoms in total. The molecule has 16 heavy (non-hydrogen) atoms. The van der Waals surface area contributed by atoms with Gasteiger partial charge in [-0.2, -0.15) is 4.98 Å². The van der Waals surface area contributed by atoms with Crippen LogP contribution in [0.25, 0.3) is 0 Å². The highest BCUT2D eigenvalue weighted by molar-refractivity contribution is 5.28. The van der Waals surface area contributed by atoms with Gasteiger partial charge in [0.1, 0.15) is 6.10 Å². The Morgan fingerprint density at radius 1 is 1.38 bits per heavy atom. The van der Waals surface area contributed by atoms with Gasteiger partial charge in [-0.25, -0.2) is 0 Å². The van der Waals surface area contributed by atoms with E-state index < -0.39 is 6.10 Å². The number of aromatic nitrogens is 2. The van der Waals surface area contributed by atoms with Crippen molar-refractivity contribution in [3.05, 3.63) is 5.89 Å². The lowest BCUT2D eigenvalue weighted by Gasteiger charge is -2.24. The van der Waals surface area contributed by atoms with Crippen molar-refractivity contribution < 1.29 is 9.63 Å². The molecule has 1 fully saturated rings. The molecule has 3 N–H and O–H groups in total. The first-order valence-corrected chi connectivity index (χ1v) is 5.78. The lowest BCUT2D eigenvalue weighted by Crippen LogP contribution is -2.30. The smallest absolute Gasteiger partial charge is 0.266 e. The number of hydrogen-bond donors (Lipinski definition) is 2. The second kappa shape index (κ2) is 5.27. The van der Waals surface area contributed by atoms with Gasteiger partial charge in [0, 0.05) is 13.1 Å². The van der Waals surface area contributed by atoms with Crippen LogP contribution in [-0.2, 0) is 0 Å². The van der Waals surface area contributed by atoms with Crippen molar-refractivity contribution in [1.82, 2.24) is 10.1 Å². The molecule has 1 saturated heterocycles. The third-order valence-electron chi connectivity index (χ3n) is 2.80. The molecule has 0 aromatic carbocycles. The summed E-state index contributed by atoms with van der Waals surface area (Å²) in [4.78, 5) is 6.28. The van der Waals surface area contributed by atoms with Crippen LogP contribution >= 0.6 is 0 Å². The van der Waals surface area contributed by atoms with E-state index in [1.54, 1.807) is 0 Å². The maximum Gasteiger partial charge on any atom is 0.266 e. The van der Waals surface area contributed by atoms with Gasteiger partial charge in [0.2, 0.25) is 0 Å². The lowest BCUT2D eigenvalue weighted by molar-refractivity contribution is 0.127. The third kappa shape index (κ3) is 2.51. The molecule has 6 heteroatoms. The maximum absolute atomic E-state index is 9.64. The summed E-state index contributed by atoms with van der Waals surface area (Å²) < 4.78 is 5.02. The van der Waals surface area contributed by atoms with Crippen molar-refractivity contribution in [1.29, 1.82) is 0 Å². The van der Waals surface area contributed by atoms with E-state index in [0.717, 1.165) is 25.9 Å². The van der Waals surface area contributed by atoms with E-state index in [1.165, 1.54) is 6.42 Å². The summed E-state index contributed by atoms with van der Waals surface area (Å²) in [6, 6.07) is 0. The van der Waals surface area contributed by atoms with Crippen molar-refractivity contribution in [2.75, 3.05) is 24.5 Å². The van der Waals surface area contributed by atoms with E-state index in [9.17, 15) is 5.11 Å². The zero-order valence-electron chi connectivity index (χ0n) is 9.30. The van der Waals surface area contributed by atoms with E-state index >= 15 is 0 Å². The molecule has 0 radical (unpaired) electrons. The highest BCUT2D eigenvalue weighted by Gasteiger charge is 2.20. The Hall–Kier alpha value is -1.14. The molecule has 0 saturated carbocycles. The van der Waals surface area contributed by atoms with Gasteiger partial charge in [-0.05, 0) is 37.4 Å². The number of rotatable bonds is 4. The summed E-state index contributed by atoms with van der Waals surface area (Å²) in [5, 5.41) is 13.5. The molecule has 1 unspecified atom stereocenters. The van der Waals surface area contributed by atoms with Gasteiger partial charge in [-0.3, -0.25) is 0 Å². The van der Waals surface area contributed by atoms with E-state index in [4.69, 9.17) is 10.3 Å². The molecule has 1 aromatic heterocycles. The van der Waals surface area contributed by atoms with E-state index in [1.807, 2.05) is 0 Å². The summed E-state index contributed by atoms with van der Waals surface area (Å²) >= 11 is 0. The predicted molar refractivity (Wildman–Crippen MR) is 59.0 cm³/mol. The van der Waals surface area contributed by atoms with Gasteiger partial charge in [0.25, 0.3) is 11.8 Å². The van der Waals surface area contributed by atoms with Crippen molar-refractivity contribution >= 4 is 5.95 Å². The van der Waals surface area contributed by atoms with Crippen molar-refractivity contribution in [3.8, 4) is 0 Å². The number of nitrogens with zero attached hydrogens (tertiary/aromatic N) is 3. The summed E-state index contributed by atoms with van der Waals surface area (Å²) in [5.41, 5.74) is 5.36. The molecule has 90 valence electrons. The molecular weight excluding hydrogens is 208 g/mol. The minimum atomic E-state index is -0.740. The van der Waals surface area contributed by atoms with Crippen LogP contribution in [0, 0.1) is 0 Å². The molecule has 1 atom stereocenters. The number of nitrogens with two attached hydrogens (primary N) is 1. The first kappa shape index (κ1) is 11.3. The molecule has 0 amide bonds. The van der Waals surface area contributed by atoms with Crippen molar-refractivity contribution in [3.63, 3.8) is 0 Å². The Morgan fingerprint density at radius 3 is 2.81 bits per heavy atom. The fourth-order valence-corrected chi connectivity index (χ4v) is 1.87. The monoisotopic (exact) mass is 226 g/mol. The van der Waals surface area contributed by atoms with Gasteiger partial charge in [-0.1, -0.05) is 0 Å². The molecule has 0 spiro atoms. The quantitative estimate of drug-likeness (QED) is 0.774. The Bertz CT molecular complexity index is 322.